The number of pyridine rings is 1. The average molecular weight is 489 g/mol. The highest BCUT2D eigenvalue weighted by Crippen LogP contribution is 2.39. The van der Waals surface area contributed by atoms with Crippen LogP contribution in [0.1, 0.15) is 36.4 Å². The average Bonchev–Trinajstić information content (AvgIpc) is 3.47. The van der Waals surface area contributed by atoms with Gasteiger partial charge in [0.2, 0.25) is 11.8 Å². The number of likely N-dealkylation sites (tertiary alicyclic amines) is 1. The number of aromatic amines is 1. The quantitative estimate of drug-likeness (QED) is 0.394. The number of anilines is 2. The van der Waals surface area contributed by atoms with Crippen molar-refractivity contribution in [3.05, 3.63) is 71.9 Å². The van der Waals surface area contributed by atoms with Gasteiger partial charge in [0.1, 0.15) is 12.0 Å². The Morgan fingerprint density at radius 2 is 1.94 bits per heavy atom. The van der Waals surface area contributed by atoms with Gasteiger partial charge in [-0.3, -0.25) is 19.6 Å². The van der Waals surface area contributed by atoms with E-state index >= 15 is 0 Å². The van der Waals surface area contributed by atoms with E-state index in [4.69, 9.17) is 0 Å². The van der Waals surface area contributed by atoms with E-state index in [9.17, 15) is 14.0 Å². The van der Waals surface area contributed by atoms with Gasteiger partial charge >= 0.3 is 0 Å². The van der Waals surface area contributed by atoms with Crippen LogP contribution in [0.2, 0.25) is 0 Å². The molecule has 2 aromatic heterocycles. The van der Waals surface area contributed by atoms with Gasteiger partial charge in [0, 0.05) is 49.0 Å². The zero-order chi connectivity index (χ0) is 24.9. The Kier molecular flexibility index (Phi) is 7.18. The van der Waals surface area contributed by atoms with Crippen LogP contribution >= 0.6 is 0 Å². The summed E-state index contributed by atoms with van der Waals surface area (Å²) in [6.45, 7) is 1.67. The molecule has 3 heterocycles. The molecule has 1 saturated heterocycles. The van der Waals surface area contributed by atoms with Crippen LogP contribution in [-0.2, 0) is 16.0 Å². The molecule has 2 aliphatic rings. The minimum atomic E-state index is -0.775. The van der Waals surface area contributed by atoms with Crippen molar-refractivity contribution in [2.24, 2.45) is 0 Å². The molecule has 0 unspecified atom stereocenters. The molecule has 3 aromatic rings. The van der Waals surface area contributed by atoms with E-state index in [1.165, 1.54) is 18.9 Å². The number of rotatable bonds is 9. The van der Waals surface area contributed by atoms with Crippen LogP contribution in [0.5, 0.6) is 0 Å². The van der Waals surface area contributed by atoms with E-state index in [-0.39, 0.29) is 18.2 Å². The Morgan fingerprint density at radius 1 is 1.08 bits per heavy atom. The summed E-state index contributed by atoms with van der Waals surface area (Å²) in [5.41, 5.74) is 3.45. The van der Waals surface area contributed by atoms with E-state index in [2.05, 4.69) is 25.8 Å². The lowest BCUT2D eigenvalue weighted by molar-refractivity contribution is -0.115. The molecule has 1 aliphatic heterocycles. The molecule has 0 spiro atoms. The van der Waals surface area contributed by atoms with Crippen molar-refractivity contribution in [2.75, 3.05) is 30.3 Å². The molecule has 1 aromatic carbocycles. The predicted molar refractivity (Wildman–Crippen MR) is 136 cm³/mol. The summed E-state index contributed by atoms with van der Waals surface area (Å²) in [7, 11) is 0. The van der Waals surface area contributed by atoms with Crippen molar-refractivity contribution in [3.63, 3.8) is 0 Å². The topological polar surface area (TPSA) is 103 Å². The standard InChI is InChI=1S/C27H29FN6O2/c28-21-11-13-34(17-21)12-3-8-26(35)30-24-7-2-6-22(29-24)20-5-1-4-18(14-20)15-27(36)31-25-16-23(32-33-25)19-9-10-19/h1-8,14,16,19,21H,9-13,15,17H2,(H,29,30,35)(H2,31,32,33,36)/b8-3+/t21-/m0/s1. The van der Waals surface area contributed by atoms with E-state index in [1.54, 1.807) is 12.1 Å². The normalized spacial score (nSPS) is 18.0. The highest BCUT2D eigenvalue weighted by atomic mass is 19.1. The molecule has 1 saturated carbocycles. The zero-order valence-corrected chi connectivity index (χ0v) is 19.9. The van der Waals surface area contributed by atoms with Gasteiger partial charge in [0.15, 0.2) is 5.82 Å². The maximum absolute atomic E-state index is 13.3. The fourth-order valence-corrected chi connectivity index (χ4v) is 4.31. The van der Waals surface area contributed by atoms with E-state index < -0.39 is 6.17 Å². The van der Waals surface area contributed by atoms with Crippen molar-refractivity contribution in [1.29, 1.82) is 0 Å². The summed E-state index contributed by atoms with van der Waals surface area (Å²) in [6.07, 6.45) is 5.50. The summed E-state index contributed by atoms with van der Waals surface area (Å²) in [5.74, 6) is 1.09. The van der Waals surface area contributed by atoms with E-state index in [0.717, 1.165) is 16.8 Å². The molecule has 186 valence electrons. The van der Waals surface area contributed by atoms with Crippen LogP contribution in [0.3, 0.4) is 0 Å². The first kappa shape index (κ1) is 23.9. The Bertz CT molecular complexity index is 1270. The largest absolute Gasteiger partial charge is 0.309 e. The van der Waals surface area contributed by atoms with Gasteiger partial charge in [-0.05, 0) is 43.0 Å². The van der Waals surface area contributed by atoms with Gasteiger partial charge in [-0.15, -0.1) is 0 Å². The number of nitrogens with one attached hydrogen (secondary N) is 3. The molecule has 0 bridgehead atoms. The fraction of sp³-hybridized carbons (Fsp3) is 0.333. The van der Waals surface area contributed by atoms with Crippen LogP contribution in [-0.4, -0.2) is 57.7 Å². The van der Waals surface area contributed by atoms with Crippen molar-refractivity contribution >= 4 is 23.5 Å². The molecule has 36 heavy (non-hydrogen) atoms. The highest BCUT2D eigenvalue weighted by molar-refractivity contribution is 5.98. The monoisotopic (exact) mass is 488 g/mol. The number of alkyl halides is 1. The second kappa shape index (κ2) is 10.8. The van der Waals surface area contributed by atoms with Crippen LogP contribution in [0.25, 0.3) is 11.3 Å². The second-order valence-electron chi connectivity index (χ2n) is 9.35. The lowest BCUT2D eigenvalue weighted by Crippen LogP contribution is -2.21. The zero-order valence-electron chi connectivity index (χ0n) is 19.9. The lowest BCUT2D eigenvalue weighted by atomic mass is 10.1. The second-order valence-corrected chi connectivity index (χ2v) is 9.35. The number of benzene rings is 1. The van der Waals surface area contributed by atoms with Gasteiger partial charge in [-0.25, -0.2) is 9.37 Å². The Morgan fingerprint density at radius 3 is 2.75 bits per heavy atom. The Hall–Kier alpha value is -3.85. The van der Waals surface area contributed by atoms with Crippen molar-refractivity contribution < 1.29 is 14.0 Å². The third-order valence-corrected chi connectivity index (χ3v) is 6.32. The Balaban J connectivity index is 1.17. The molecule has 2 amide bonds. The summed E-state index contributed by atoms with van der Waals surface area (Å²) >= 11 is 0. The van der Waals surface area contributed by atoms with Gasteiger partial charge < -0.3 is 10.6 Å². The number of halogens is 1. The molecular formula is C27H29FN6O2. The summed E-state index contributed by atoms with van der Waals surface area (Å²) < 4.78 is 13.3. The summed E-state index contributed by atoms with van der Waals surface area (Å²) in [6, 6.07) is 14.9. The van der Waals surface area contributed by atoms with Gasteiger partial charge in [-0.2, -0.15) is 5.10 Å². The molecule has 9 heteroatoms. The number of carbonyl (C=O) groups excluding carboxylic acids is 2. The number of hydrogen-bond acceptors (Lipinski definition) is 5. The number of nitrogens with zero attached hydrogens (tertiary/aromatic N) is 3. The van der Waals surface area contributed by atoms with E-state index in [0.29, 0.717) is 49.3 Å². The first-order chi connectivity index (χ1) is 17.5. The van der Waals surface area contributed by atoms with Crippen molar-refractivity contribution in [2.45, 2.75) is 37.8 Å². The van der Waals surface area contributed by atoms with Crippen LogP contribution in [0, 0.1) is 0 Å². The molecule has 1 atom stereocenters. The maximum Gasteiger partial charge on any atom is 0.249 e. The first-order valence-electron chi connectivity index (χ1n) is 12.3. The number of hydrogen-bond donors (Lipinski definition) is 3. The van der Waals surface area contributed by atoms with Gasteiger partial charge in [-0.1, -0.05) is 30.3 Å². The number of H-pyrrole nitrogens is 1. The third kappa shape index (κ3) is 6.42. The molecular weight excluding hydrogens is 459 g/mol. The molecule has 1 aliphatic carbocycles. The third-order valence-electron chi connectivity index (χ3n) is 6.32. The maximum atomic E-state index is 13.3. The minimum absolute atomic E-state index is 0.141. The van der Waals surface area contributed by atoms with Crippen molar-refractivity contribution in [3.8, 4) is 11.3 Å². The smallest absolute Gasteiger partial charge is 0.249 e. The fourth-order valence-electron chi connectivity index (χ4n) is 4.31. The highest BCUT2D eigenvalue weighted by Gasteiger charge is 2.25. The molecule has 2 fully saturated rings. The van der Waals surface area contributed by atoms with Crippen LogP contribution in [0.15, 0.2) is 60.7 Å². The molecule has 5 rings (SSSR count). The summed E-state index contributed by atoms with van der Waals surface area (Å²) in [5, 5.41) is 12.8. The molecule has 8 nitrogen and oxygen atoms in total. The minimum Gasteiger partial charge on any atom is -0.309 e. The van der Waals surface area contributed by atoms with Crippen LogP contribution < -0.4 is 10.6 Å². The number of carbonyl (C=O) groups is 2. The number of amides is 2. The first-order valence-corrected chi connectivity index (χ1v) is 12.3. The van der Waals surface area contributed by atoms with E-state index in [1.807, 2.05) is 47.4 Å². The van der Waals surface area contributed by atoms with Gasteiger partial charge in [0.25, 0.3) is 0 Å². The Labute approximate surface area is 209 Å². The molecule has 3 N–H and O–H groups in total. The predicted octanol–water partition coefficient (Wildman–Crippen LogP) is 4.07. The lowest BCUT2D eigenvalue weighted by Gasteiger charge is -2.10. The van der Waals surface area contributed by atoms with Gasteiger partial charge in [0.05, 0.1) is 12.1 Å². The SMILES string of the molecule is O=C(/C=C/CN1CC[C@H](F)C1)Nc1cccc(-c2cccc(CC(=O)Nc3cc(C4CC4)[nH]n3)c2)n1. The number of aromatic nitrogens is 3. The summed E-state index contributed by atoms with van der Waals surface area (Å²) in [4.78, 5) is 31.3. The van der Waals surface area contributed by atoms with Crippen LogP contribution in [0.4, 0.5) is 16.0 Å². The molecule has 0 radical (unpaired) electrons. The van der Waals surface area contributed by atoms with Crippen molar-refractivity contribution in [1.82, 2.24) is 20.1 Å².